The number of hydrogen-bond acceptors (Lipinski definition) is 3. The van der Waals surface area contributed by atoms with Crippen LogP contribution < -0.4 is 5.32 Å². The zero-order valence-electron chi connectivity index (χ0n) is 15.3. The van der Waals surface area contributed by atoms with Crippen LogP contribution in [-0.4, -0.2) is 38.8 Å². The molecule has 6 atom stereocenters. The molecule has 0 radical (unpaired) electrons. The van der Waals surface area contributed by atoms with Crippen LogP contribution >= 0.6 is 47.8 Å². The lowest BCUT2D eigenvalue weighted by Crippen LogP contribution is -2.37. The van der Waals surface area contributed by atoms with Crippen molar-refractivity contribution in [3.05, 3.63) is 28.2 Å². The number of amides is 3. The fraction of sp³-hybridized carbons (Fsp3) is 0.550. The molecule has 150 valence electrons. The number of halogens is 3. The predicted molar refractivity (Wildman–Crippen MR) is 117 cm³/mol. The molecule has 1 N–H and O–H groups in total. The van der Waals surface area contributed by atoms with Gasteiger partial charge in [-0.05, 0) is 48.4 Å². The van der Waals surface area contributed by atoms with Crippen LogP contribution in [0.5, 0.6) is 0 Å². The average molecular weight is 577 g/mol. The summed E-state index contributed by atoms with van der Waals surface area (Å²) in [6.07, 6.45) is 1.82. The van der Waals surface area contributed by atoms with Crippen LogP contribution in [0.4, 0.5) is 5.69 Å². The molecule has 8 heteroatoms. The van der Waals surface area contributed by atoms with Crippen LogP contribution in [0.15, 0.2) is 22.7 Å². The van der Waals surface area contributed by atoms with Crippen molar-refractivity contribution in [1.29, 1.82) is 0 Å². The van der Waals surface area contributed by atoms with Gasteiger partial charge in [-0.2, -0.15) is 0 Å². The molecule has 1 aliphatic heterocycles. The quantitative estimate of drug-likeness (QED) is 0.424. The lowest BCUT2D eigenvalue weighted by atomic mass is 9.81. The molecule has 4 rings (SSSR count). The molecule has 28 heavy (non-hydrogen) atoms. The summed E-state index contributed by atoms with van der Waals surface area (Å²) >= 11 is 10.8. The van der Waals surface area contributed by atoms with Gasteiger partial charge in [-0.25, -0.2) is 0 Å². The Balaban J connectivity index is 1.40. The van der Waals surface area contributed by atoms with Gasteiger partial charge in [0.2, 0.25) is 17.7 Å². The predicted octanol–water partition coefficient (Wildman–Crippen LogP) is 4.12. The van der Waals surface area contributed by atoms with E-state index in [0.29, 0.717) is 0 Å². The Bertz CT molecular complexity index is 814. The van der Waals surface area contributed by atoms with E-state index in [1.165, 1.54) is 4.90 Å². The summed E-state index contributed by atoms with van der Waals surface area (Å²) in [5, 5.41) is 2.91. The highest BCUT2D eigenvalue weighted by atomic mass is 79.9. The normalized spacial score (nSPS) is 33.5. The number of hydrogen-bond donors (Lipinski definition) is 1. The van der Waals surface area contributed by atoms with Crippen molar-refractivity contribution in [2.24, 2.45) is 23.7 Å². The topological polar surface area (TPSA) is 66.5 Å². The second-order valence-corrected chi connectivity index (χ2v) is 10.8. The largest absolute Gasteiger partial charge is 0.326 e. The number of nitrogens with zero attached hydrogens (tertiary/aromatic N) is 1. The molecule has 1 heterocycles. The van der Waals surface area contributed by atoms with Gasteiger partial charge in [0.05, 0.1) is 11.8 Å². The first-order valence-corrected chi connectivity index (χ1v) is 12.2. The minimum Gasteiger partial charge on any atom is -0.326 e. The van der Waals surface area contributed by atoms with Crippen molar-refractivity contribution in [3.63, 3.8) is 0 Å². The first kappa shape index (κ1) is 20.5. The van der Waals surface area contributed by atoms with E-state index >= 15 is 0 Å². The van der Waals surface area contributed by atoms with E-state index in [9.17, 15) is 14.4 Å². The van der Waals surface area contributed by atoms with E-state index in [-0.39, 0.29) is 64.0 Å². The van der Waals surface area contributed by atoms with Crippen molar-refractivity contribution in [2.45, 2.75) is 35.8 Å². The molecule has 0 aromatic heterocycles. The van der Waals surface area contributed by atoms with Crippen LogP contribution in [0.25, 0.3) is 0 Å². The molecule has 2 saturated carbocycles. The fourth-order valence-corrected chi connectivity index (χ4v) is 7.32. The number of carbonyl (C=O) groups excluding carboxylic acids is 3. The van der Waals surface area contributed by atoms with Gasteiger partial charge in [0.25, 0.3) is 0 Å². The van der Waals surface area contributed by atoms with Gasteiger partial charge < -0.3 is 5.32 Å². The number of nitrogens with one attached hydrogen (secondary N) is 1. The van der Waals surface area contributed by atoms with Gasteiger partial charge in [0.15, 0.2) is 0 Å². The van der Waals surface area contributed by atoms with Gasteiger partial charge in [-0.15, -0.1) is 0 Å². The Morgan fingerprint density at radius 2 is 1.75 bits per heavy atom. The van der Waals surface area contributed by atoms with Gasteiger partial charge in [-0.1, -0.05) is 54.7 Å². The van der Waals surface area contributed by atoms with E-state index in [2.05, 4.69) is 53.1 Å². The molecule has 3 fully saturated rings. The molecule has 2 bridgehead atoms. The van der Waals surface area contributed by atoms with Gasteiger partial charge in [-0.3, -0.25) is 19.3 Å². The third-order valence-electron chi connectivity index (χ3n) is 6.36. The molecule has 5 nitrogen and oxygen atoms in total. The number of fused-ring (bicyclic) bond motifs is 5. The highest BCUT2D eigenvalue weighted by Crippen LogP contribution is 2.60. The average Bonchev–Trinajstić information content (AvgIpc) is 3.27. The summed E-state index contributed by atoms with van der Waals surface area (Å²) in [4.78, 5) is 40.0. The molecule has 2 aliphatic carbocycles. The number of likely N-dealkylation sites (tertiary alicyclic amines) is 1. The monoisotopic (exact) mass is 574 g/mol. The van der Waals surface area contributed by atoms with E-state index in [0.717, 1.165) is 28.6 Å². The lowest BCUT2D eigenvalue weighted by Gasteiger charge is -2.28. The fourth-order valence-electron chi connectivity index (χ4n) is 5.03. The number of alkyl halides is 2. The second kappa shape index (κ2) is 7.84. The first-order valence-electron chi connectivity index (χ1n) is 9.55. The van der Waals surface area contributed by atoms with Gasteiger partial charge in [0, 0.05) is 32.8 Å². The van der Waals surface area contributed by atoms with Crippen LogP contribution in [0, 0.1) is 23.7 Å². The van der Waals surface area contributed by atoms with Crippen LogP contribution in [0.2, 0.25) is 0 Å². The van der Waals surface area contributed by atoms with E-state index in [1.807, 2.05) is 25.1 Å². The van der Waals surface area contributed by atoms with Crippen molar-refractivity contribution >= 4 is 71.2 Å². The van der Waals surface area contributed by atoms with Gasteiger partial charge >= 0.3 is 0 Å². The zero-order chi connectivity index (χ0) is 20.2. The Morgan fingerprint density at radius 1 is 1.14 bits per heavy atom. The Morgan fingerprint density at radius 3 is 2.32 bits per heavy atom. The molecular weight excluding hydrogens is 556 g/mol. The number of benzene rings is 1. The summed E-state index contributed by atoms with van der Waals surface area (Å²) in [5.41, 5.74) is 1.81. The standard InChI is InChI=1S/C20H21Br3N2O3/c1-2-9-7-10(21)3-4-13(9)24-14(26)5-6-25-19(27)15-11-8-12(16(15)20(25)28)18(23)17(11)22/h3-4,7,11-12,15-18H,2,5-6,8H2,1H3,(H,24,26)/t11-,12-,15-,16-,17+,18+/m1/s1. The number of anilines is 1. The molecule has 1 aromatic rings. The maximum absolute atomic E-state index is 12.9. The van der Waals surface area contributed by atoms with E-state index < -0.39 is 0 Å². The van der Waals surface area contributed by atoms with Crippen LogP contribution in [-0.2, 0) is 20.8 Å². The zero-order valence-corrected chi connectivity index (χ0v) is 20.1. The summed E-state index contributed by atoms with van der Waals surface area (Å²) in [6.45, 7) is 2.17. The van der Waals surface area contributed by atoms with Crippen molar-refractivity contribution in [1.82, 2.24) is 4.90 Å². The van der Waals surface area contributed by atoms with Crippen LogP contribution in [0.1, 0.15) is 25.3 Å². The minimum absolute atomic E-state index is 0.1000. The van der Waals surface area contributed by atoms with Crippen molar-refractivity contribution < 1.29 is 14.4 Å². The van der Waals surface area contributed by atoms with E-state index in [4.69, 9.17) is 0 Å². The Kier molecular flexibility index (Phi) is 5.75. The summed E-state index contributed by atoms with van der Waals surface area (Å²) < 4.78 is 0.965. The molecule has 0 unspecified atom stereocenters. The molecule has 1 saturated heterocycles. The second-order valence-electron chi connectivity index (χ2n) is 7.79. The van der Waals surface area contributed by atoms with Crippen LogP contribution in [0.3, 0.4) is 0 Å². The number of carbonyl (C=O) groups is 3. The highest BCUT2D eigenvalue weighted by Gasteiger charge is 2.66. The molecule has 1 aromatic carbocycles. The maximum atomic E-state index is 12.9. The molecule has 0 spiro atoms. The molecule has 3 amide bonds. The SMILES string of the molecule is CCc1cc(Br)ccc1NC(=O)CCN1C(=O)[C@@H]2[C@H]3C[C@@H]([C@H](Br)[C@H]3Br)[C@H]2C1=O. The summed E-state index contributed by atoms with van der Waals surface area (Å²) in [5.74, 6) is -0.439. The lowest BCUT2D eigenvalue weighted by molar-refractivity contribution is -0.140. The highest BCUT2D eigenvalue weighted by molar-refractivity contribution is 9.12. The molecule has 3 aliphatic rings. The Hall–Kier alpha value is -0.730. The Labute approximate surface area is 189 Å². The summed E-state index contributed by atoms with van der Waals surface area (Å²) in [6, 6.07) is 5.72. The maximum Gasteiger partial charge on any atom is 0.233 e. The summed E-state index contributed by atoms with van der Waals surface area (Å²) in [7, 11) is 0. The smallest absolute Gasteiger partial charge is 0.233 e. The first-order chi connectivity index (χ1) is 13.3. The van der Waals surface area contributed by atoms with Gasteiger partial charge in [0.1, 0.15) is 0 Å². The number of aryl methyl sites for hydroxylation is 1. The van der Waals surface area contributed by atoms with Crippen molar-refractivity contribution in [2.75, 3.05) is 11.9 Å². The molecular formula is C20H21Br3N2O3. The number of rotatable bonds is 5. The minimum atomic E-state index is -0.225. The number of imide groups is 1. The van der Waals surface area contributed by atoms with E-state index in [1.54, 1.807) is 0 Å². The van der Waals surface area contributed by atoms with Crippen molar-refractivity contribution in [3.8, 4) is 0 Å². The third-order valence-corrected chi connectivity index (χ3v) is 10.1. The third kappa shape index (κ3) is 3.29.